The van der Waals surface area contributed by atoms with Crippen molar-refractivity contribution in [1.29, 1.82) is 0 Å². The van der Waals surface area contributed by atoms with E-state index in [1.807, 2.05) is 18.7 Å². The number of amides is 3. The summed E-state index contributed by atoms with van der Waals surface area (Å²) >= 11 is 0. The van der Waals surface area contributed by atoms with E-state index in [9.17, 15) is 48.9 Å². The number of phenols is 2. The number of carbonyl (C=O) groups excluding carboxylic acids is 6. The first-order chi connectivity index (χ1) is 40.8. The van der Waals surface area contributed by atoms with Crippen molar-refractivity contribution in [3.63, 3.8) is 0 Å². The maximum Gasteiger partial charge on any atom is 0.339 e. The number of benzene rings is 2. The fourth-order valence-electron chi connectivity index (χ4n) is 10.9. The smallest absolute Gasteiger partial charge is 0.339 e. The van der Waals surface area contributed by atoms with Gasteiger partial charge < -0.3 is 68.8 Å². The van der Waals surface area contributed by atoms with Crippen molar-refractivity contribution in [3.8, 4) is 34.3 Å². The summed E-state index contributed by atoms with van der Waals surface area (Å²) < 4.78 is 41.9. The standard InChI is InChI=1S/C56H79N11O18/c1-6-57-53(75)52-60-59-51(42-31-41(37(2)3)44(68)32-45(42)69)66(52)38-7-9-39(10-8-38)82-40-13-17-62(18-14-40)47(71)15-23-78-25-27-80-29-30-81-28-26-79-24-16-58-46(70)12-11-43(54(76)77)63-20-19-61(5)33-50(74)85-67-55(4)64(34-48(72)83-55)21-22-65-35-49(73)84-56(65,67)36-63/h7-10,31-32,37,40,43,68-69H,6,11-30,33-36H2,1-5H3,(H,57,75)(H,58,70)(H,76,77)/t43-,55?,56?/m0/s1. The zero-order valence-corrected chi connectivity index (χ0v) is 48.9. The second-order valence-electron chi connectivity index (χ2n) is 21.7. The van der Waals surface area contributed by atoms with Crippen LogP contribution in [0.5, 0.6) is 17.2 Å². The maximum absolute atomic E-state index is 13.2. The summed E-state index contributed by atoms with van der Waals surface area (Å²) in [7, 11) is 1.67. The highest BCUT2D eigenvalue weighted by Gasteiger charge is 2.67. The second kappa shape index (κ2) is 29.3. The Morgan fingerprint density at radius 2 is 1.40 bits per heavy atom. The molecule has 2 unspecified atom stereocenters. The fraction of sp³-hybridized carbons (Fsp3) is 0.625. The number of hydrogen-bond donors (Lipinski definition) is 5. The van der Waals surface area contributed by atoms with Crippen LogP contribution in [0.25, 0.3) is 17.1 Å². The highest BCUT2D eigenvalue weighted by atomic mass is 16.8. The van der Waals surface area contributed by atoms with Crippen molar-refractivity contribution in [2.45, 2.75) is 89.6 Å². The Labute approximate surface area is 492 Å². The van der Waals surface area contributed by atoms with Crippen molar-refractivity contribution in [2.24, 2.45) is 0 Å². The van der Waals surface area contributed by atoms with Gasteiger partial charge in [0.15, 0.2) is 5.82 Å². The molecule has 3 amide bonds. The molecule has 29 heteroatoms. The summed E-state index contributed by atoms with van der Waals surface area (Å²) in [5.74, 6) is -6.94. The van der Waals surface area contributed by atoms with Crippen molar-refractivity contribution in [2.75, 3.05) is 138 Å². The van der Waals surface area contributed by atoms with Gasteiger partial charge >= 0.3 is 23.9 Å². The summed E-state index contributed by atoms with van der Waals surface area (Å²) in [6.07, 6.45) is 1.14. The number of piperidine rings is 1. The zero-order chi connectivity index (χ0) is 60.8. The molecule has 3 aromatic rings. The SMILES string of the molecule is CCNC(=O)c1nnc(-c2cc(C(C)C)c(O)cc2O)n1-c1ccc(OC2CCN(C(=O)CCOCCOCCOCCOCCNC(=O)CC[C@@H](C(=O)O)N3CCN(C)CC(=O)ON4C5(C)OC(=O)CN5CCN5CC(=O)OC54C3)CC2)cc1. The third-order valence-electron chi connectivity index (χ3n) is 15.3. The molecule has 3 atom stereocenters. The van der Waals surface area contributed by atoms with Gasteiger partial charge in [-0.25, -0.2) is 14.6 Å². The highest BCUT2D eigenvalue weighted by molar-refractivity contribution is 5.92. The van der Waals surface area contributed by atoms with Crippen LogP contribution >= 0.6 is 0 Å². The molecule has 5 N–H and O–H groups in total. The minimum absolute atomic E-state index is 0.00727. The molecular formula is C56H79N11O18. The predicted octanol–water partition coefficient (Wildman–Crippen LogP) is 0.461. The van der Waals surface area contributed by atoms with Gasteiger partial charge in [0.1, 0.15) is 42.5 Å². The number of likely N-dealkylation sites (N-methyl/N-ethyl adjacent to an activating group) is 1. The number of carbonyl (C=O) groups is 7. The molecule has 466 valence electrons. The fourth-order valence-corrected chi connectivity index (χ4v) is 10.9. The minimum atomic E-state index is -1.86. The third-order valence-corrected chi connectivity index (χ3v) is 15.3. The maximum atomic E-state index is 13.2. The average Bonchev–Trinajstić information content (AvgIpc) is 1.69. The minimum Gasteiger partial charge on any atom is -0.508 e. The Hall–Kier alpha value is -7.09. The highest BCUT2D eigenvalue weighted by Crippen LogP contribution is 2.43. The molecule has 0 bridgehead atoms. The lowest BCUT2D eigenvalue weighted by Gasteiger charge is -2.49. The van der Waals surface area contributed by atoms with E-state index in [2.05, 4.69) is 20.8 Å². The van der Waals surface area contributed by atoms with Gasteiger partial charge in [-0.05, 0) is 67.3 Å². The predicted molar refractivity (Wildman–Crippen MR) is 297 cm³/mol. The molecule has 5 aliphatic heterocycles. The van der Waals surface area contributed by atoms with E-state index in [0.29, 0.717) is 81.5 Å². The molecule has 5 fully saturated rings. The number of nitrogens with zero attached hydrogens (tertiary/aromatic N) is 9. The molecule has 1 spiro atoms. The number of aromatic nitrogens is 3. The Morgan fingerprint density at radius 1 is 0.753 bits per heavy atom. The lowest BCUT2D eigenvalue weighted by atomic mass is 9.98. The van der Waals surface area contributed by atoms with Crippen LogP contribution in [0.4, 0.5) is 0 Å². The second-order valence-corrected chi connectivity index (χ2v) is 21.7. The van der Waals surface area contributed by atoms with Crippen LogP contribution in [0.1, 0.15) is 81.9 Å². The van der Waals surface area contributed by atoms with Crippen LogP contribution in [0.2, 0.25) is 0 Å². The Kier molecular flexibility index (Phi) is 22.1. The van der Waals surface area contributed by atoms with Crippen LogP contribution < -0.4 is 15.4 Å². The van der Waals surface area contributed by atoms with Crippen LogP contribution in [0.3, 0.4) is 0 Å². The summed E-state index contributed by atoms with van der Waals surface area (Å²) in [5, 5.41) is 46.9. The monoisotopic (exact) mass is 1190 g/mol. The summed E-state index contributed by atoms with van der Waals surface area (Å²) in [5.41, 5.74) is 1.47. The number of hydroxylamine groups is 2. The van der Waals surface area contributed by atoms with Gasteiger partial charge in [-0.3, -0.25) is 43.1 Å². The first-order valence-electron chi connectivity index (χ1n) is 28.8. The van der Waals surface area contributed by atoms with Crippen LogP contribution in [-0.4, -0.2) is 264 Å². The van der Waals surface area contributed by atoms with Gasteiger partial charge in [-0.15, -0.1) is 10.2 Å². The summed E-state index contributed by atoms with van der Waals surface area (Å²) in [6, 6.07) is 8.80. The largest absolute Gasteiger partial charge is 0.508 e. The van der Waals surface area contributed by atoms with Gasteiger partial charge in [0.2, 0.25) is 17.6 Å². The number of likely N-dealkylation sites (tertiary alicyclic amines) is 1. The number of esters is 2. The molecule has 29 nitrogen and oxygen atoms in total. The molecule has 0 aliphatic carbocycles. The van der Waals surface area contributed by atoms with Crippen molar-refractivity contribution in [1.82, 2.24) is 55.0 Å². The number of fused-ring (bicyclic) bond motifs is 2. The van der Waals surface area contributed by atoms with Gasteiger partial charge in [0.05, 0.1) is 77.9 Å². The number of rotatable bonds is 27. The number of aromatic hydroxyl groups is 2. The molecule has 0 radical (unpaired) electrons. The average molecular weight is 1190 g/mol. The third kappa shape index (κ3) is 15.9. The normalized spacial score (nSPS) is 21.5. The molecule has 6 heterocycles. The van der Waals surface area contributed by atoms with Gasteiger partial charge in [0, 0.05) is 90.3 Å². The van der Waals surface area contributed by atoms with Crippen molar-refractivity contribution < 1.29 is 86.9 Å². The molecule has 85 heavy (non-hydrogen) atoms. The first kappa shape index (κ1) is 63.9. The topological polar surface area (TPSA) is 328 Å². The summed E-state index contributed by atoms with van der Waals surface area (Å²) in [4.78, 5) is 105. The van der Waals surface area contributed by atoms with E-state index in [1.165, 1.54) is 13.0 Å². The number of carboxylic acid groups (broad SMARTS) is 1. The Bertz CT molecular complexity index is 2830. The van der Waals surface area contributed by atoms with E-state index in [1.54, 1.807) is 68.5 Å². The van der Waals surface area contributed by atoms with Gasteiger partial charge in [-0.1, -0.05) is 13.8 Å². The van der Waals surface area contributed by atoms with E-state index in [4.69, 9.17) is 38.0 Å². The number of carboxylic acids is 1. The quantitative estimate of drug-likeness (QED) is 0.0511. The molecule has 8 rings (SSSR count). The molecule has 5 aliphatic rings. The van der Waals surface area contributed by atoms with E-state index in [-0.39, 0.29) is 146 Å². The number of phenolic OH excluding ortho intramolecular Hbond substituents is 2. The number of aliphatic carboxylic acids is 1. The molecular weight excluding hydrogens is 1110 g/mol. The number of nitrogens with one attached hydrogen (secondary N) is 2. The van der Waals surface area contributed by atoms with E-state index >= 15 is 0 Å². The Morgan fingerprint density at radius 3 is 2.07 bits per heavy atom. The van der Waals surface area contributed by atoms with Crippen LogP contribution in [-0.2, 0) is 62.0 Å². The molecule has 5 saturated heterocycles. The zero-order valence-electron chi connectivity index (χ0n) is 48.9. The molecule has 0 saturated carbocycles. The van der Waals surface area contributed by atoms with E-state index < -0.39 is 53.4 Å². The molecule has 2 aromatic carbocycles. The number of hydrogen-bond acceptors (Lipinski definition) is 24. The van der Waals surface area contributed by atoms with Crippen LogP contribution in [0.15, 0.2) is 36.4 Å². The Balaban J connectivity index is 0.667. The van der Waals surface area contributed by atoms with Gasteiger partial charge in [-0.2, -0.15) is 0 Å². The van der Waals surface area contributed by atoms with Gasteiger partial charge in [0.25, 0.3) is 17.6 Å². The first-order valence-corrected chi connectivity index (χ1v) is 28.8. The van der Waals surface area contributed by atoms with Crippen molar-refractivity contribution >= 4 is 41.6 Å². The molecule has 1 aromatic heterocycles. The number of ether oxygens (including phenoxy) is 7. The van der Waals surface area contributed by atoms with E-state index in [0.717, 1.165) is 5.06 Å². The summed E-state index contributed by atoms with van der Waals surface area (Å²) in [6.45, 7) is 11.1. The lowest BCUT2D eigenvalue weighted by Crippen LogP contribution is -2.72. The van der Waals surface area contributed by atoms with Crippen molar-refractivity contribution in [3.05, 3.63) is 47.8 Å². The lowest BCUT2D eigenvalue weighted by molar-refractivity contribution is -0.399. The van der Waals surface area contributed by atoms with Crippen LogP contribution in [0, 0.1) is 0 Å².